The fourth-order valence-electron chi connectivity index (χ4n) is 2.94. The Hall–Kier alpha value is -1.71. The summed E-state index contributed by atoms with van der Waals surface area (Å²) in [6.45, 7) is 2.11. The number of aliphatic imine (C=N–C) groups is 1. The minimum absolute atomic E-state index is 0. The molecule has 0 atom stereocenters. The van der Waals surface area contributed by atoms with Crippen molar-refractivity contribution in [3.8, 4) is 0 Å². The lowest BCUT2D eigenvalue weighted by atomic mass is 10.2. The third-order valence-corrected chi connectivity index (χ3v) is 5.36. The average molecular weight is 547 g/mol. The van der Waals surface area contributed by atoms with Crippen LogP contribution in [0, 0.1) is 0 Å². The second-order valence-electron chi connectivity index (χ2n) is 6.39. The summed E-state index contributed by atoms with van der Waals surface area (Å²) < 4.78 is 4.02. The molecule has 0 unspecified atom stereocenters. The molecule has 0 aliphatic rings. The highest BCUT2D eigenvalue weighted by molar-refractivity contribution is 14.0. The Labute approximate surface area is 198 Å². The van der Waals surface area contributed by atoms with Crippen molar-refractivity contribution in [3.05, 3.63) is 76.0 Å². The lowest BCUT2D eigenvalue weighted by molar-refractivity contribution is 0.690. The van der Waals surface area contributed by atoms with Crippen LogP contribution in [0.4, 0.5) is 0 Å². The Morgan fingerprint density at radius 3 is 2.59 bits per heavy atom. The molecule has 156 valence electrons. The van der Waals surface area contributed by atoms with E-state index >= 15 is 0 Å². The summed E-state index contributed by atoms with van der Waals surface area (Å²) in [5.41, 5.74) is 2.24. The number of nitrogens with one attached hydrogen (secondary N) is 2. The zero-order valence-electron chi connectivity index (χ0n) is 16.4. The lowest BCUT2D eigenvalue weighted by Crippen LogP contribution is -2.38. The maximum atomic E-state index is 6.11. The van der Waals surface area contributed by atoms with Crippen LogP contribution < -0.4 is 10.6 Å². The first kappa shape index (κ1) is 23.6. The second-order valence-corrected chi connectivity index (χ2v) is 7.16. The lowest BCUT2D eigenvalue weighted by Gasteiger charge is -2.13. The van der Waals surface area contributed by atoms with Gasteiger partial charge in [0.2, 0.25) is 0 Å². The second kappa shape index (κ2) is 11.5. The highest BCUT2D eigenvalue weighted by Crippen LogP contribution is 2.24. The molecule has 0 saturated carbocycles. The molecular weight excluding hydrogens is 522 g/mol. The van der Waals surface area contributed by atoms with Gasteiger partial charge in [-0.3, -0.25) is 4.99 Å². The van der Waals surface area contributed by atoms with Gasteiger partial charge in [-0.05, 0) is 11.6 Å². The van der Waals surface area contributed by atoms with Crippen molar-refractivity contribution >= 4 is 53.1 Å². The van der Waals surface area contributed by atoms with Crippen LogP contribution in [0.25, 0.3) is 0 Å². The molecule has 3 rings (SSSR count). The first-order chi connectivity index (χ1) is 13.6. The molecule has 1 aromatic carbocycles. The molecule has 2 heterocycles. The van der Waals surface area contributed by atoms with Gasteiger partial charge in [0.1, 0.15) is 11.0 Å². The van der Waals surface area contributed by atoms with E-state index in [9.17, 15) is 0 Å². The van der Waals surface area contributed by atoms with Crippen molar-refractivity contribution in [1.29, 1.82) is 0 Å². The van der Waals surface area contributed by atoms with Gasteiger partial charge in [0.25, 0.3) is 0 Å². The van der Waals surface area contributed by atoms with Crippen molar-refractivity contribution in [2.75, 3.05) is 13.6 Å². The van der Waals surface area contributed by atoms with Gasteiger partial charge in [-0.2, -0.15) is 0 Å². The molecule has 0 aliphatic heterocycles. The maximum absolute atomic E-state index is 6.11. The number of imidazole rings is 1. The van der Waals surface area contributed by atoms with Gasteiger partial charge in [-0.1, -0.05) is 53.5 Å². The van der Waals surface area contributed by atoms with Crippen molar-refractivity contribution in [2.45, 2.75) is 19.5 Å². The SMILES string of the molecule is CN=C(NCCc1nccn1Cc1ccccc1)NCc1cc(Cl)c(Cl)n1C.I. The number of aromatic nitrogens is 3. The third-order valence-electron chi connectivity index (χ3n) is 4.51. The Balaban J connectivity index is 0.00000300. The van der Waals surface area contributed by atoms with Crippen LogP contribution in [-0.4, -0.2) is 33.7 Å². The predicted octanol–water partition coefficient (Wildman–Crippen LogP) is 4.10. The standard InChI is InChI=1S/C20H24Cl2N6.HI/c1-23-20(26-13-16-12-17(21)19(22)27(16)2)25-9-8-18-24-10-11-28(18)14-15-6-4-3-5-7-15;/h3-7,10-12H,8-9,13-14H2,1-2H3,(H2,23,25,26);1H. The maximum Gasteiger partial charge on any atom is 0.191 e. The zero-order valence-corrected chi connectivity index (χ0v) is 20.2. The Morgan fingerprint density at radius 1 is 1.17 bits per heavy atom. The van der Waals surface area contributed by atoms with Crippen LogP contribution >= 0.6 is 47.2 Å². The highest BCUT2D eigenvalue weighted by Gasteiger charge is 2.09. The molecule has 6 nitrogen and oxygen atoms in total. The van der Waals surface area contributed by atoms with E-state index < -0.39 is 0 Å². The van der Waals surface area contributed by atoms with Crippen molar-refractivity contribution < 1.29 is 0 Å². The van der Waals surface area contributed by atoms with Crippen LogP contribution in [0.3, 0.4) is 0 Å². The first-order valence-corrected chi connectivity index (χ1v) is 9.82. The summed E-state index contributed by atoms with van der Waals surface area (Å²) in [5, 5.41) is 7.68. The molecule has 0 saturated heterocycles. The minimum atomic E-state index is 0. The number of hydrogen-bond acceptors (Lipinski definition) is 2. The summed E-state index contributed by atoms with van der Waals surface area (Å²) in [7, 11) is 3.63. The molecule has 3 aromatic rings. The van der Waals surface area contributed by atoms with Crippen LogP contribution in [0.1, 0.15) is 17.1 Å². The van der Waals surface area contributed by atoms with Gasteiger partial charge < -0.3 is 19.8 Å². The zero-order chi connectivity index (χ0) is 19.9. The molecule has 0 radical (unpaired) electrons. The minimum Gasteiger partial charge on any atom is -0.356 e. The number of nitrogens with zero attached hydrogens (tertiary/aromatic N) is 4. The molecular formula is C20H25Cl2IN6. The monoisotopic (exact) mass is 546 g/mol. The van der Waals surface area contributed by atoms with E-state index in [1.54, 1.807) is 7.05 Å². The largest absolute Gasteiger partial charge is 0.356 e. The molecule has 29 heavy (non-hydrogen) atoms. The molecule has 0 bridgehead atoms. The summed E-state index contributed by atoms with van der Waals surface area (Å²) in [5.74, 6) is 1.75. The van der Waals surface area contributed by atoms with Gasteiger partial charge >= 0.3 is 0 Å². The van der Waals surface area contributed by atoms with E-state index in [1.165, 1.54) is 5.56 Å². The quantitative estimate of drug-likeness (QED) is 0.266. The number of halogens is 3. The number of benzene rings is 1. The molecule has 9 heteroatoms. The van der Waals surface area contributed by atoms with E-state index in [1.807, 2.05) is 36.1 Å². The van der Waals surface area contributed by atoms with Gasteiger partial charge in [0.05, 0.1) is 11.6 Å². The van der Waals surface area contributed by atoms with Crippen LogP contribution in [0.2, 0.25) is 10.2 Å². The Bertz CT molecular complexity index is 936. The summed E-state index contributed by atoms with van der Waals surface area (Å²) in [4.78, 5) is 8.75. The van der Waals surface area contributed by atoms with Crippen molar-refractivity contribution in [3.63, 3.8) is 0 Å². The summed E-state index contributed by atoms with van der Waals surface area (Å²) in [6.07, 6.45) is 4.65. The highest BCUT2D eigenvalue weighted by atomic mass is 127. The third kappa shape index (κ3) is 6.38. The van der Waals surface area contributed by atoms with E-state index in [-0.39, 0.29) is 24.0 Å². The molecule has 2 aromatic heterocycles. The number of rotatable bonds is 7. The van der Waals surface area contributed by atoms with E-state index in [0.29, 0.717) is 16.7 Å². The van der Waals surface area contributed by atoms with Crippen molar-refractivity contribution in [1.82, 2.24) is 24.8 Å². The molecule has 0 spiro atoms. The Morgan fingerprint density at radius 2 is 1.93 bits per heavy atom. The molecule has 0 fully saturated rings. The van der Waals surface area contributed by atoms with Gasteiger partial charge in [0.15, 0.2) is 5.96 Å². The summed E-state index contributed by atoms with van der Waals surface area (Å²) in [6, 6.07) is 12.2. The normalized spacial score (nSPS) is 11.2. The number of hydrogen-bond donors (Lipinski definition) is 2. The van der Waals surface area contributed by atoms with Crippen molar-refractivity contribution in [2.24, 2.45) is 12.0 Å². The average Bonchev–Trinajstić information content (AvgIpc) is 3.24. The molecule has 0 aliphatic carbocycles. The topological polar surface area (TPSA) is 59.2 Å². The van der Waals surface area contributed by atoms with Crippen LogP contribution in [0.15, 0.2) is 53.8 Å². The summed E-state index contributed by atoms with van der Waals surface area (Å²) >= 11 is 12.2. The fourth-order valence-corrected chi connectivity index (χ4v) is 3.35. The van der Waals surface area contributed by atoms with Gasteiger partial charge in [0, 0.05) is 51.7 Å². The van der Waals surface area contributed by atoms with Crippen LogP contribution in [0.5, 0.6) is 0 Å². The Kier molecular flexibility index (Phi) is 9.32. The smallest absolute Gasteiger partial charge is 0.191 e. The molecule has 0 amide bonds. The predicted molar refractivity (Wildman–Crippen MR) is 131 cm³/mol. The van der Waals surface area contributed by atoms with E-state index in [4.69, 9.17) is 23.2 Å². The van der Waals surface area contributed by atoms with E-state index in [0.717, 1.165) is 37.0 Å². The van der Waals surface area contributed by atoms with Crippen LogP contribution in [-0.2, 0) is 26.6 Å². The van der Waals surface area contributed by atoms with E-state index in [2.05, 4.69) is 49.4 Å². The van der Waals surface area contributed by atoms with Gasteiger partial charge in [-0.25, -0.2) is 4.98 Å². The molecule has 2 N–H and O–H groups in total. The fraction of sp³-hybridized carbons (Fsp3) is 0.300. The number of guanidine groups is 1. The first-order valence-electron chi connectivity index (χ1n) is 9.06. The van der Waals surface area contributed by atoms with Gasteiger partial charge in [-0.15, -0.1) is 24.0 Å².